The van der Waals surface area contributed by atoms with Crippen LogP contribution >= 0.6 is 11.3 Å². The Bertz CT molecular complexity index is 1160. The van der Waals surface area contributed by atoms with E-state index in [2.05, 4.69) is 50.0 Å². The van der Waals surface area contributed by atoms with Crippen LogP contribution in [0.2, 0.25) is 0 Å². The highest BCUT2D eigenvalue weighted by atomic mass is 32.1. The summed E-state index contributed by atoms with van der Waals surface area (Å²) in [5.74, 6) is 0.574. The van der Waals surface area contributed by atoms with Crippen LogP contribution < -0.4 is 5.32 Å². The maximum atomic E-state index is 12.4. The van der Waals surface area contributed by atoms with Crippen molar-refractivity contribution >= 4 is 17.2 Å². The van der Waals surface area contributed by atoms with Gasteiger partial charge in [-0.2, -0.15) is 5.10 Å². The quantitative estimate of drug-likeness (QED) is 0.508. The molecule has 30 heavy (non-hydrogen) atoms. The minimum atomic E-state index is -0.128. The number of hydrogen-bond donors (Lipinski definition) is 1. The Balaban J connectivity index is 1.32. The lowest BCUT2D eigenvalue weighted by atomic mass is 10.1. The van der Waals surface area contributed by atoms with Gasteiger partial charge in [0.05, 0.1) is 22.0 Å². The predicted molar refractivity (Wildman–Crippen MR) is 119 cm³/mol. The third-order valence-electron chi connectivity index (χ3n) is 4.80. The second kappa shape index (κ2) is 8.59. The number of carbonyl (C=O) groups is 1. The van der Waals surface area contributed by atoms with Gasteiger partial charge in [0.15, 0.2) is 5.82 Å². The Labute approximate surface area is 179 Å². The second-order valence-electron chi connectivity index (χ2n) is 7.20. The van der Waals surface area contributed by atoms with Gasteiger partial charge >= 0.3 is 0 Å². The number of pyridine rings is 1. The maximum Gasteiger partial charge on any atom is 0.252 e. The molecule has 0 bridgehead atoms. The fraction of sp³-hybridized carbons (Fsp3) is 0.217. The van der Waals surface area contributed by atoms with Crippen molar-refractivity contribution in [3.05, 3.63) is 81.6 Å². The fourth-order valence-corrected chi connectivity index (χ4v) is 3.89. The van der Waals surface area contributed by atoms with Crippen molar-refractivity contribution < 1.29 is 4.79 Å². The monoisotopic (exact) mass is 417 g/mol. The number of aromatic nitrogens is 4. The molecule has 6 nitrogen and oxygen atoms in total. The summed E-state index contributed by atoms with van der Waals surface area (Å²) in [4.78, 5) is 21.3. The highest BCUT2D eigenvalue weighted by Gasteiger charge is 2.09. The predicted octanol–water partition coefficient (Wildman–Crippen LogP) is 4.29. The van der Waals surface area contributed by atoms with E-state index in [9.17, 15) is 4.79 Å². The fourth-order valence-electron chi connectivity index (χ4n) is 3.27. The standard InChI is InChI=1S/C23H23N5OS/c1-15-12-16(2)28(27-15)22-9-8-20(13-25-22)23(29)24-11-10-18-4-6-19(7-5-18)21-14-30-17(3)26-21/h4-9,12-14H,10-11H2,1-3H3,(H,24,29). The summed E-state index contributed by atoms with van der Waals surface area (Å²) in [7, 11) is 0. The van der Waals surface area contributed by atoms with Gasteiger partial charge in [0, 0.05) is 29.4 Å². The largest absolute Gasteiger partial charge is 0.352 e. The van der Waals surface area contributed by atoms with Crippen molar-refractivity contribution in [1.29, 1.82) is 0 Å². The van der Waals surface area contributed by atoms with Crippen LogP contribution in [0.5, 0.6) is 0 Å². The van der Waals surface area contributed by atoms with Crippen molar-refractivity contribution in [3.63, 3.8) is 0 Å². The number of rotatable bonds is 6. The highest BCUT2D eigenvalue weighted by Crippen LogP contribution is 2.21. The van der Waals surface area contributed by atoms with E-state index in [0.717, 1.165) is 34.1 Å². The summed E-state index contributed by atoms with van der Waals surface area (Å²) in [6.07, 6.45) is 2.35. The number of hydrogen-bond acceptors (Lipinski definition) is 5. The van der Waals surface area contributed by atoms with E-state index in [1.807, 2.05) is 32.9 Å². The average Bonchev–Trinajstić information content (AvgIpc) is 3.33. The molecule has 1 N–H and O–H groups in total. The van der Waals surface area contributed by atoms with Crippen molar-refractivity contribution in [3.8, 4) is 17.1 Å². The molecule has 0 unspecified atom stereocenters. The van der Waals surface area contributed by atoms with Crippen LogP contribution in [0.3, 0.4) is 0 Å². The molecule has 0 radical (unpaired) electrons. The summed E-state index contributed by atoms with van der Waals surface area (Å²) in [6, 6.07) is 13.9. The van der Waals surface area contributed by atoms with Crippen LogP contribution in [0.15, 0.2) is 54.0 Å². The molecule has 4 rings (SSSR count). The molecule has 7 heteroatoms. The molecule has 152 valence electrons. The first-order valence-corrected chi connectivity index (χ1v) is 10.7. The Hall–Kier alpha value is -3.32. The molecule has 0 saturated carbocycles. The molecule has 0 aliphatic carbocycles. The zero-order valence-corrected chi connectivity index (χ0v) is 18.0. The first kappa shape index (κ1) is 20.0. The number of nitrogens with one attached hydrogen (secondary N) is 1. The van der Waals surface area contributed by atoms with Gasteiger partial charge < -0.3 is 5.32 Å². The van der Waals surface area contributed by atoms with Crippen molar-refractivity contribution in [1.82, 2.24) is 25.1 Å². The molecule has 3 aromatic heterocycles. The zero-order valence-electron chi connectivity index (χ0n) is 17.2. The van der Waals surface area contributed by atoms with Crippen LogP contribution in [-0.2, 0) is 6.42 Å². The molecule has 4 aromatic rings. The van der Waals surface area contributed by atoms with Gasteiger partial charge in [0.2, 0.25) is 0 Å². The van der Waals surface area contributed by atoms with E-state index in [1.54, 1.807) is 28.3 Å². The zero-order chi connectivity index (χ0) is 21.1. The molecular formula is C23H23N5OS. The third-order valence-corrected chi connectivity index (χ3v) is 5.58. The molecule has 0 spiro atoms. The smallest absolute Gasteiger partial charge is 0.252 e. The van der Waals surface area contributed by atoms with Crippen LogP contribution in [0, 0.1) is 20.8 Å². The lowest BCUT2D eigenvalue weighted by molar-refractivity contribution is 0.0954. The van der Waals surface area contributed by atoms with E-state index in [0.29, 0.717) is 17.9 Å². The summed E-state index contributed by atoms with van der Waals surface area (Å²) >= 11 is 1.65. The Morgan fingerprint density at radius 2 is 1.90 bits per heavy atom. The number of carbonyl (C=O) groups excluding carboxylic acids is 1. The van der Waals surface area contributed by atoms with Gasteiger partial charge in [-0.3, -0.25) is 4.79 Å². The van der Waals surface area contributed by atoms with E-state index in [4.69, 9.17) is 0 Å². The second-order valence-corrected chi connectivity index (χ2v) is 8.26. The van der Waals surface area contributed by atoms with Gasteiger partial charge in [-0.05, 0) is 51.0 Å². The molecule has 3 heterocycles. The van der Waals surface area contributed by atoms with E-state index < -0.39 is 0 Å². The number of nitrogens with zero attached hydrogens (tertiary/aromatic N) is 4. The summed E-state index contributed by atoms with van der Waals surface area (Å²) in [6.45, 7) is 6.49. The Kier molecular flexibility index (Phi) is 5.72. The molecule has 1 aromatic carbocycles. The van der Waals surface area contributed by atoms with Gasteiger partial charge in [-0.25, -0.2) is 14.6 Å². The van der Waals surface area contributed by atoms with Gasteiger partial charge in [-0.1, -0.05) is 24.3 Å². The number of thiazole rings is 1. The van der Waals surface area contributed by atoms with E-state index >= 15 is 0 Å². The SMILES string of the molecule is Cc1cc(C)n(-c2ccc(C(=O)NCCc3ccc(-c4csc(C)n4)cc3)cn2)n1. The maximum absolute atomic E-state index is 12.4. The van der Waals surface area contributed by atoms with Gasteiger partial charge in [0.25, 0.3) is 5.91 Å². The summed E-state index contributed by atoms with van der Waals surface area (Å²) in [5.41, 5.74) is 5.77. The van der Waals surface area contributed by atoms with Crippen molar-refractivity contribution in [2.24, 2.45) is 0 Å². The van der Waals surface area contributed by atoms with Crippen LogP contribution in [0.25, 0.3) is 17.1 Å². The first-order valence-electron chi connectivity index (χ1n) is 9.79. The lowest BCUT2D eigenvalue weighted by Crippen LogP contribution is -2.25. The van der Waals surface area contributed by atoms with Gasteiger partial charge in [0.1, 0.15) is 0 Å². The normalized spacial score (nSPS) is 10.9. The van der Waals surface area contributed by atoms with Crippen LogP contribution in [-0.4, -0.2) is 32.2 Å². The van der Waals surface area contributed by atoms with Crippen LogP contribution in [0.1, 0.15) is 32.3 Å². The molecule has 0 aliphatic rings. The molecule has 0 aliphatic heterocycles. The average molecular weight is 418 g/mol. The van der Waals surface area contributed by atoms with Gasteiger partial charge in [-0.15, -0.1) is 11.3 Å². The summed E-state index contributed by atoms with van der Waals surface area (Å²) < 4.78 is 1.77. The number of aryl methyl sites for hydroxylation is 3. The highest BCUT2D eigenvalue weighted by molar-refractivity contribution is 7.09. The summed E-state index contributed by atoms with van der Waals surface area (Å²) in [5, 5.41) is 10.5. The van der Waals surface area contributed by atoms with E-state index in [-0.39, 0.29) is 5.91 Å². The van der Waals surface area contributed by atoms with Crippen LogP contribution in [0.4, 0.5) is 0 Å². The minimum absolute atomic E-state index is 0.128. The molecule has 0 saturated heterocycles. The van der Waals surface area contributed by atoms with E-state index in [1.165, 1.54) is 5.56 Å². The number of benzene rings is 1. The van der Waals surface area contributed by atoms with Crippen molar-refractivity contribution in [2.75, 3.05) is 6.54 Å². The Morgan fingerprint density at radius 1 is 1.10 bits per heavy atom. The molecule has 0 fully saturated rings. The third kappa shape index (κ3) is 4.46. The Morgan fingerprint density at radius 3 is 2.50 bits per heavy atom. The molecule has 0 atom stereocenters. The minimum Gasteiger partial charge on any atom is -0.352 e. The first-order chi connectivity index (χ1) is 14.5. The number of amides is 1. The lowest BCUT2D eigenvalue weighted by Gasteiger charge is -2.07. The topological polar surface area (TPSA) is 72.7 Å². The molecular weight excluding hydrogens is 394 g/mol. The van der Waals surface area contributed by atoms with Crippen molar-refractivity contribution in [2.45, 2.75) is 27.2 Å². The molecule has 1 amide bonds.